The molecule has 0 fully saturated rings. The van der Waals surface area contributed by atoms with Crippen LogP contribution in [0.5, 0.6) is 5.75 Å². The summed E-state index contributed by atoms with van der Waals surface area (Å²) in [5, 5.41) is 3.21. The maximum absolute atomic E-state index is 14.1. The minimum absolute atomic E-state index is 0.0146. The third-order valence-corrected chi connectivity index (χ3v) is 8.58. The number of halogens is 1. The Kier molecular flexibility index (Phi) is 11.0. The zero-order valence-electron chi connectivity index (χ0n) is 23.3. The maximum Gasteiger partial charge on any atom is 0.264 e. The molecule has 10 heteroatoms. The van der Waals surface area contributed by atoms with E-state index in [0.29, 0.717) is 23.7 Å². The first kappa shape index (κ1) is 31.0. The number of nitrogens with one attached hydrogen (secondary N) is 1. The average Bonchev–Trinajstić information content (AvgIpc) is 2.95. The van der Waals surface area contributed by atoms with Crippen LogP contribution >= 0.6 is 11.6 Å². The van der Waals surface area contributed by atoms with E-state index in [0.717, 1.165) is 21.9 Å². The first-order valence-electron chi connectivity index (χ1n) is 13.2. The van der Waals surface area contributed by atoms with E-state index in [9.17, 15) is 18.0 Å². The van der Waals surface area contributed by atoms with Gasteiger partial charge in [0.25, 0.3) is 10.0 Å². The Hall–Kier alpha value is -3.56. The topological polar surface area (TPSA) is 96.0 Å². The monoisotopic (exact) mass is 585 g/mol. The van der Waals surface area contributed by atoms with Crippen LogP contribution in [-0.4, -0.2) is 51.4 Å². The second kappa shape index (κ2) is 14.2. The molecule has 0 aromatic heterocycles. The summed E-state index contributed by atoms with van der Waals surface area (Å²) >= 11 is 6.23. The Labute approximate surface area is 241 Å². The van der Waals surface area contributed by atoms with E-state index in [1.165, 1.54) is 30.2 Å². The van der Waals surface area contributed by atoms with Crippen LogP contribution in [0.15, 0.2) is 77.7 Å². The molecule has 0 unspecified atom stereocenters. The molecule has 214 valence electrons. The molecule has 0 aliphatic carbocycles. The number of nitrogens with zero attached hydrogens (tertiary/aromatic N) is 2. The van der Waals surface area contributed by atoms with Gasteiger partial charge in [0, 0.05) is 18.1 Å². The minimum atomic E-state index is -4.20. The third-order valence-electron chi connectivity index (χ3n) is 6.56. The molecule has 0 aliphatic heterocycles. The Morgan fingerprint density at radius 3 is 2.30 bits per heavy atom. The number of hydrogen-bond acceptors (Lipinski definition) is 5. The minimum Gasteiger partial charge on any atom is -0.497 e. The molecule has 3 rings (SSSR count). The smallest absolute Gasteiger partial charge is 0.264 e. The van der Waals surface area contributed by atoms with Crippen LogP contribution < -0.4 is 14.4 Å². The van der Waals surface area contributed by atoms with Gasteiger partial charge in [-0.05, 0) is 73.4 Å². The summed E-state index contributed by atoms with van der Waals surface area (Å²) in [4.78, 5) is 28.7. The van der Waals surface area contributed by atoms with Crippen LogP contribution in [0, 0.1) is 6.92 Å². The van der Waals surface area contributed by atoms with Crippen LogP contribution in [0.2, 0.25) is 5.02 Å². The first-order chi connectivity index (χ1) is 19.1. The summed E-state index contributed by atoms with van der Waals surface area (Å²) in [6.07, 6.45) is 1.10. The van der Waals surface area contributed by atoms with Crippen LogP contribution in [0.4, 0.5) is 5.69 Å². The van der Waals surface area contributed by atoms with E-state index in [-0.39, 0.29) is 23.0 Å². The molecular weight excluding hydrogens is 550 g/mol. The highest BCUT2D eigenvalue weighted by Gasteiger charge is 2.33. The standard InChI is InChI=1S/C30H36ClN3O5S/c1-5-18-32-30(36)28(6-2)33(20-23-11-8-7-10-22(23)3)29(35)21-34(25-13-9-12-24(31)19-25)40(37,38)27-16-14-26(39-4)15-17-27/h7-17,19,28H,5-6,18,20-21H2,1-4H3,(H,32,36)/t28-/m0/s1. The highest BCUT2D eigenvalue weighted by Crippen LogP contribution is 2.28. The number of sulfonamides is 1. The van der Waals surface area contributed by atoms with Crippen molar-refractivity contribution in [1.82, 2.24) is 10.2 Å². The Morgan fingerprint density at radius 1 is 1.00 bits per heavy atom. The highest BCUT2D eigenvalue weighted by molar-refractivity contribution is 7.92. The van der Waals surface area contributed by atoms with Crippen molar-refractivity contribution in [1.29, 1.82) is 0 Å². The van der Waals surface area contributed by atoms with Crippen LogP contribution in [0.25, 0.3) is 0 Å². The van der Waals surface area contributed by atoms with E-state index >= 15 is 0 Å². The van der Waals surface area contributed by atoms with Gasteiger partial charge >= 0.3 is 0 Å². The van der Waals surface area contributed by atoms with Gasteiger partial charge in [0.2, 0.25) is 11.8 Å². The largest absolute Gasteiger partial charge is 0.497 e. The number of carbonyl (C=O) groups excluding carboxylic acids is 2. The summed E-state index contributed by atoms with van der Waals surface area (Å²) in [5.74, 6) is -0.296. The van der Waals surface area contributed by atoms with Crippen molar-refractivity contribution in [2.75, 3.05) is 24.5 Å². The quantitative estimate of drug-likeness (QED) is 0.298. The molecule has 0 saturated carbocycles. The van der Waals surface area contributed by atoms with Crippen molar-refractivity contribution in [3.8, 4) is 5.75 Å². The summed E-state index contributed by atoms with van der Waals surface area (Å²) < 4.78 is 34.0. The molecule has 1 atom stereocenters. The number of amides is 2. The van der Waals surface area contributed by atoms with Gasteiger partial charge < -0.3 is 15.0 Å². The molecule has 0 bridgehead atoms. The van der Waals surface area contributed by atoms with Crippen molar-refractivity contribution in [3.63, 3.8) is 0 Å². The predicted octanol–water partition coefficient (Wildman–Crippen LogP) is 5.19. The molecule has 8 nitrogen and oxygen atoms in total. The third kappa shape index (κ3) is 7.55. The van der Waals surface area contributed by atoms with Gasteiger partial charge in [-0.15, -0.1) is 0 Å². The van der Waals surface area contributed by atoms with Crippen molar-refractivity contribution in [2.24, 2.45) is 0 Å². The molecule has 0 heterocycles. The van der Waals surface area contributed by atoms with E-state index in [4.69, 9.17) is 16.3 Å². The van der Waals surface area contributed by atoms with E-state index in [1.807, 2.05) is 45.0 Å². The van der Waals surface area contributed by atoms with E-state index < -0.39 is 28.5 Å². The summed E-state index contributed by atoms with van der Waals surface area (Å²) in [5.41, 5.74) is 2.06. The number of carbonyl (C=O) groups is 2. The van der Waals surface area contributed by atoms with Gasteiger partial charge in [-0.3, -0.25) is 13.9 Å². The second-order valence-electron chi connectivity index (χ2n) is 9.33. The summed E-state index contributed by atoms with van der Waals surface area (Å²) in [7, 11) is -2.71. The number of aryl methyl sites for hydroxylation is 1. The number of ether oxygens (including phenoxy) is 1. The first-order valence-corrected chi connectivity index (χ1v) is 15.0. The van der Waals surface area contributed by atoms with Crippen LogP contribution in [0.1, 0.15) is 37.8 Å². The zero-order valence-corrected chi connectivity index (χ0v) is 24.8. The Balaban J connectivity index is 2.06. The number of methoxy groups -OCH3 is 1. The SMILES string of the molecule is CCCNC(=O)[C@H](CC)N(Cc1ccccc1C)C(=O)CN(c1cccc(Cl)c1)S(=O)(=O)c1ccc(OC)cc1. The van der Waals surface area contributed by atoms with Gasteiger partial charge in [-0.1, -0.05) is 55.8 Å². The fraction of sp³-hybridized carbons (Fsp3) is 0.333. The number of rotatable bonds is 13. The van der Waals surface area contributed by atoms with E-state index in [1.54, 1.807) is 30.3 Å². The Morgan fingerprint density at radius 2 is 1.70 bits per heavy atom. The number of anilines is 1. The van der Waals surface area contributed by atoms with Gasteiger partial charge in [-0.25, -0.2) is 8.42 Å². The van der Waals surface area contributed by atoms with Gasteiger partial charge in [0.1, 0.15) is 18.3 Å². The Bertz CT molecular complexity index is 1410. The average molecular weight is 586 g/mol. The van der Waals surface area contributed by atoms with E-state index in [2.05, 4.69) is 5.32 Å². The lowest BCUT2D eigenvalue weighted by molar-refractivity contribution is -0.140. The molecule has 0 aliphatic rings. The molecule has 0 radical (unpaired) electrons. The molecule has 1 N–H and O–H groups in total. The number of benzene rings is 3. The molecule has 40 heavy (non-hydrogen) atoms. The highest BCUT2D eigenvalue weighted by atomic mass is 35.5. The van der Waals surface area contributed by atoms with Crippen LogP contribution in [-0.2, 0) is 26.2 Å². The molecule has 0 spiro atoms. The summed E-state index contributed by atoms with van der Waals surface area (Å²) in [6, 6.07) is 19.1. The van der Waals surface area contributed by atoms with Crippen molar-refractivity contribution >= 4 is 39.1 Å². The van der Waals surface area contributed by atoms with Gasteiger partial charge in [-0.2, -0.15) is 0 Å². The lowest BCUT2D eigenvalue weighted by Crippen LogP contribution is -2.52. The van der Waals surface area contributed by atoms with Crippen molar-refractivity contribution < 1.29 is 22.7 Å². The maximum atomic E-state index is 14.1. The predicted molar refractivity (Wildman–Crippen MR) is 158 cm³/mol. The lowest BCUT2D eigenvalue weighted by atomic mass is 10.1. The lowest BCUT2D eigenvalue weighted by Gasteiger charge is -2.33. The fourth-order valence-corrected chi connectivity index (χ4v) is 5.88. The molecule has 0 saturated heterocycles. The zero-order chi connectivity index (χ0) is 29.3. The molecule has 3 aromatic carbocycles. The fourth-order valence-electron chi connectivity index (χ4n) is 4.29. The molecular formula is C30H36ClN3O5S. The number of hydrogen-bond donors (Lipinski definition) is 1. The molecule has 3 aromatic rings. The summed E-state index contributed by atoms with van der Waals surface area (Å²) in [6.45, 7) is 5.81. The molecule has 2 amide bonds. The van der Waals surface area contributed by atoms with Crippen LogP contribution in [0.3, 0.4) is 0 Å². The van der Waals surface area contributed by atoms with Gasteiger partial charge in [0.05, 0.1) is 17.7 Å². The van der Waals surface area contributed by atoms with Crippen molar-refractivity contribution in [2.45, 2.75) is 51.1 Å². The normalized spacial score (nSPS) is 11.9. The van der Waals surface area contributed by atoms with Gasteiger partial charge in [0.15, 0.2) is 0 Å². The van der Waals surface area contributed by atoms with Crippen molar-refractivity contribution in [3.05, 3.63) is 88.9 Å². The second-order valence-corrected chi connectivity index (χ2v) is 11.6.